The van der Waals surface area contributed by atoms with Gasteiger partial charge >= 0.3 is 6.36 Å². The van der Waals surface area contributed by atoms with Gasteiger partial charge in [0.1, 0.15) is 17.0 Å². The van der Waals surface area contributed by atoms with Crippen LogP contribution in [0.25, 0.3) is 22.6 Å². The topological polar surface area (TPSA) is 127 Å². The van der Waals surface area contributed by atoms with Crippen molar-refractivity contribution in [3.8, 4) is 23.0 Å². The van der Waals surface area contributed by atoms with Gasteiger partial charge in [-0.1, -0.05) is 23.8 Å². The number of rotatable bonds is 4. The molecule has 246 valence electrons. The average molecular weight is 667 g/mol. The molecule has 4 aliphatic rings. The van der Waals surface area contributed by atoms with Crippen molar-refractivity contribution in [2.24, 2.45) is 17.8 Å². The lowest BCUT2D eigenvalue weighted by molar-refractivity contribution is -0.274. The molecule has 9 nitrogen and oxygen atoms in total. The van der Waals surface area contributed by atoms with Crippen molar-refractivity contribution in [2.75, 3.05) is 4.90 Å². The molecule has 1 N–H and O–H groups in total. The molecule has 4 aromatic rings. The van der Waals surface area contributed by atoms with Crippen molar-refractivity contribution in [3.05, 3.63) is 107 Å². The normalized spacial score (nSPS) is 23.7. The van der Waals surface area contributed by atoms with Crippen LogP contribution in [0.15, 0.2) is 106 Å². The molecule has 0 radical (unpaired) electrons. The predicted molar refractivity (Wildman–Crippen MR) is 168 cm³/mol. The second-order valence-electron chi connectivity index (χ2n) is 12.5. The SMILES string of the molecule is CC1=CC(=O)C2=C(CC3C(=CCC4C(=O)N(c5ccc(-c6nc7ccccc7o6)cc5)C(=O)C43)C2c2cc(OC(F)(F)F)ccc2O)C1=O. The van der Waals surface area contributed by atoms with Crippen LogP contribution in [0.1, 0.15) is 31.2 Å². The monoisotopic (exact) mass is 666 g/mol. The van der Waals surface area contributed by atoms with E-state index in [0.29, 0.717) is 33.8 Å². The molecule has 3 aliphatic carbocycles. The molecule has 0 bridgehead atoms. The third kappa shape index (κ3) is 4.89. The van der Waals surface area contributed by atoms with Crippen molar-refractivity contribution < 1.29 is 46.6 Å². The predicted octanol–water partition coefficient (Wildman–Crippen LogP) is 6.73. The Kier molecular flexibility index (Phi) is 6.78. The lowest BCUT2D eigenvalue weighted by Crippen LogP contribution is -2.39. The Morgan fingerprint density at radius 3 is 2.45 bits per heavy atom. The van der Waals surface area contributed by atoms with Gasteiger partial charge in [-0.3, -0.25) is 24.1 Å². The van der Waals surface area contributed by atoms with Crippen LogP contribution in [0, 0.1) is 17.8 Å². The summed E-state index contributed by atoms with van der Waals surface area (Å²) in [4.78, 5) is 60.7. The maximum atomic E-state index is 14.2. The van der Waals surface area contributed by atoms with Crippen molar-refractivity contribution >= 4 is 40.2 Å². The van der Waals surface area contributed by atoms with Crippen molar-refractivity contribution in [3.63, 3.8) is 0 Å². The van der Waals surface area contributed by atoms with Gasteiger partial charge in [-0.05, 0) is 86.4 Å². The van der Waals surface area contributed by atoms with Gasteiger partial charge in [0.05, 0.1) is 17.5 Å². The fourth-order valence-corrected chi connectivity index (χ4v) is 7.70. The molecule has 1 aliphatic heterocycles. The highest BCUT2D eigenvalue weighted by Gasteiger charge is 2.57. The number of amides is 2. The number of ether oxygens (including phenoxy) is 1. The number of fused-ring (bicyclic) bond motifs is 4. The largest absolute Gasteiger partial charge is 0.573 e. The number of Topliss-reactive ketones (excluding diaryl/α,β-unsaturated/α-hetero) is 1. The summed E-state index contributed by atoms with van der Waals surface area (Å²) in [6.45, 7) is 1.49. The number of halogens is 3. The van der Waals surface area contributed by atoms with Gasteiger partial charge in [0, 0.05) is 33.8 Å². The highest BCUT2D eigenvalue weighted by atomic mass is 19.4. The minimum Gasteiger partial charge on any atom is -0.508 e. The Hall–Kier alpha value is -5.78. The maximum absolute atomic E-state index is 14.2. The van der Waals surface area contributed by atoms with Crippen LogP contribution in [0.3, 0.4) is 0 Å². The quantitative estimate of drug-likeness (QED) is 0.144. The van der Waals surface area contributed by atoms with Crippen LogP contribution >= 0.6 is 0 Å². The first-order valence-corrected chi connectivity index (χ1v) is 15.5. The molecule has 4 atom stereocenters. The number of imide groups is 1. The Bertz CT molecular complexity index is 2190. The number of nitrogens with zero attached hydrogens (tertiary/aromatic N) is 2. The Labute approximate surface area is 276 Å². The van der Waals surface area contributed by atoms with Crippen molar-refractivity contribution in [1.29, 1.82) is 0 Å². The molecule has 0 spiro atoms. The summed E-state index contributed by atoms with van der Waals surface area (Å²) in [6, 6.07) is 16.9. The number of benzene rings is 3. The number of carbonyl (C=O) groups is 4. The number of allylic oxidation sites excluding steroid dienone is 6. The molecule has 1 fully saturated rings. The highest BCUT2D eigenvalue weighted by molar-refractivity contribution is 6.25. The van der Waals surface area contributed by atoms with E-state index >= 15 is 0 Å². The van der Waals surface area contributed by atoms with Gasteiger partial charge in [-0.25, -0.2) is 4.98 Å². The zero-order valence-corrected chi connectivity index (χ0v) is 25.7. The van der Waals surface area contributed by atoms with E-state index in [2.05, 4.69) is 9.72 Å². The van der Waals surface area contributed by atoms with Gasteiger partial charge in [-0.2, -0.15) is 0 Å². The van der Waals surface area contributed by atoms with Crippen LogP contribution in [0.5, 0.6) is 11.5 Å². The molecule has 3 aromatic carbocycles. The Morgan fingerprint density at radius 2 is 1.71 bits per heavy atom. The summed E-state index contributed by atoms with van der Waals surface area (Å²) in [5.74, 6) is -6.17. The number of anilines is 1. The van der Waals surface area contributed by atoms with E-state index in [1.165, 1.54) is 13.0 Å². The third-order valence-corrected chi connectivity index (χ3v) is 9.77. The van der Waals surface area contributed by atoms with Gasteiger partial charge in [0.15, 0.2) is 17.1 Å². The first-order valence-electron chi connectivity index (χ1n) is 15.5. The average Bonchev–Trinajstić information content (AvgIpc) is 3.61. The molecule has 2 amide bonds. The minimum atomic E-state index is -5.03. The number of alkyl halides is 3. The minimum absolute atomic E-state index is 0.0272. The number of para-hydroxylation sites is 2. The fraction of sp³-hybridized carbons (Fsp3) is 0.216. The van der Waals surface area contributed by atoms with E-state index in [-0.39, 0.29) is 35.1 Å². The van der Waals surface area contributed by atoms with Crippen LogP contribution in [0.2, 0.25) is 0 Å². The summed E-state index contributed by atoms with van der Waals surface area (Å²) in [7, 11) is 0. The van der Waals surface area contributed by atoms with Crippen LogP contribution in [-0.4, -0.2) is 39.8 Å². The number of phenols is 1. The lowest BCUT2D eigenvalue weighted by atomic mass is 9.59. The number of aromatic nitrogens is 1. The lowest BCUT2D eigenvalue weighted by Gasteiger charge is -2.42. The van der Waals surface area contributed by atoms with E-state index in [9.17, 15) is 37.5 Å². The zero-order chi connectivity index (χ0) is 34.4. The van der Waals surface area contributed by atoms with E-state index in [1.54, 1.807) is 36.4 Å². The molecule has 8 rings (SSSR count). The molecule has 2 heterocycles. The number of phenolic OH excluding ortho intramolecular Hbond substituents is 1. The number of oxazole rings is 1. The van der Waals surface area contributed by atoms with E-state index in [1.807, 2.05) is 18.2 Å². The summed E-state index contributed by atoms with van der Waals surface area (Å²) in [5, 5.41) is 10.9. The first-order chi connectivity index (χ1) is 23.4. The zero-order valence-electron chi connectivity index (χ0n) is 25.7. The molecule has 1 aromatic heterocycles. The molecule has 4 unspecified atom stereocenters. The maximum Gasteiger partial charge on any atom is 0.573 e. The second-order valence-corrected chi connectivity index (χ2v) is 12.5. The molecule has 12 heteroatoms. The Morgan fingerprint density at radius 1 is 0.959 bits per heavy atom. The molecule has 1 saturated heterocycles. The number of hydrogen-bond acceptors (Lipinski definition) is 8. The van der Waals surface area contributed by atoms with Gasteiger partial charge < -0.3 is 14.3 Å². The number of carbonyl (C=O) groups excluding carboxylic acids is 4. The molecular weight excluding hydrogens is 641 g/mol. The number of hydrogen-bond donors (Lipinski definition) is 1. The van der Waals surface area contributed by atoms with Gasteiger partial charge in [0.25, 0.3) is 0 Å². The molecular formula is C37H25F3N2O7. The van der Waals surface area contributed by atoms with E-state index < -0.39 is 64.9 Å². The highest BCUT2D eigenvalue weighted by Crippen LogP contribution is 2.56. The van der Waals surface area contributed by atoms with Gasteiger partial charge in [0.2, 0.25) is 17.7 Å². The third-order valence-electron chi connectivity index (χ3n) is 9.77. The number of aromatic hydroxyl groups is 1. The Balaban J connectivity index is 1.17. The standard InChI is InChI=1S/C37H25F3N2O7/c1-17-14-28(44)32-25(33(17)45)16-23-21(30(32)24-15-20(10-13-27(24)43)49-37(38,39)40)11-12-22-31(23)36(47)42(35(22)46)19-8-6-18(7-9-19)34-41-26-4-2-3-5-29(26)48-34/h2-11,13-15,22-23,30-31,43H,12,16H2,1H3. The van der Waals surface area contributed by atoms with Crippen molar-refractivity contribution in [1.82, 2.24) is 4.98 Å². The first kappa shape index (κ1) is 30.5. The molecule has 0 saturated carbocycles. The van der Waals surface area contributed by atoms with Crippen LogP contribution < -0.4 is 9.64 Å². The van der Waals surface area contributed by atoms with E-state index in [0.717, 1.165) is 23.1 Å². The second kappa shape index (κ2) is 10.9. The van der Waals surface area contributed by atoms with Crippen LogP contribution in [-0.2, 0) is 19.2 Å². The summed E-state index contributed by atoms with van der Waals surface area (Å²) in [6.07, 6.45) is -2.07. The van der Waals surface area contributed by atoms with Crippen molar-refractivity contribution in [2.45, 2.75) is 32.0 Å². The van der Waals surface area contributed by atoms with Gasteiger partial charge in [-0.15, -0.1) is 13.2 Å². The molecule has 49 heavy (non-hydrogen) atoms. The van der Waals surface area contributed by atoms with E-state index in [4.69, 9.17) is 4.42 Å². The summed E-state index contributed by atoms with van der Waals surface area (Å²) in [5.41, 5.74) is 2.96. The fourth-order valence-electron chi connectivity index (χ4n) is 7.70. The summed E-state index contributed by atoms with van der Waals surface area (Å²) >= 11 is 0. The smallest absolute Gasteiger partial charge is 0.508 e. The number of ketones is 2. The van der Waals surface area contributed by atoms with Crippen LogP contribution in [0.4, 0.5) is 18.9 Å². The summed E-state index contributed by atoms with van der Waals surface area (Å²) < 4.78 is 49.5.